The van der Waals surface area contributed by atoms with Crippen LogP contribution in [0.1, 0.15) is 47.9 Å². The van der Waals surface area contributed by atoms with Crippen molar-refractivity contribution in [2.75, 3.05) is 0 Å². The van der Waals surface area contributed by atoms with Crippen LogP contribution in [-0.2, 0) is 18.1 Å². The second-order valence-corrected chi connectivity index (χ2v) is 9.86. The molecule has 2 N–H and O–H groups in total. The average Bonchev–Trinajstić information content (AvgIpc) is 3.40. The summed E-state index contributed by atoms with van der Waals surface area (Å²) in [7, 11) is 0. The van der Waals surface area contributed by atoms with Gasteiger partial charge in [-0.25, -0.2) is 9.18 Å². The van der Waals surface area contributed by atoms with Gasteiger partial charge in [0.2, 0.25) is 0 Å². The number of nitrogens with one attached hydrogen (secondary N) is 2. The van der Waals surface area contributed by atoms with Crippen molar-refractivity contribution in [1.82, 2.24) is 10.6 Å². The first-order chi connectivity index (χ1) is 19.3. The largest absolute Gasteiger partial charge is 0.461 e. The van der Waals surface area contributed by atoms with Gasteiger partial charge in [-0.15, -0.1) is 0 Å². The van der Waals surface area contributed by atoms with Crippen LogP contribution in [0.5, 0.6) is 5.75 Å². The van der Waals surface area contributed by atoms with Gasteiger partial charge >= 0.3 is 24.7 Å². The Morgan fingerprint density at radius 1 is 0.854 bits per heavy atom. The van der Waals surface area contributed by atoms with E-state index in [1.807, 2.05) is 0 Å². The smallest absolute Gasteiger partial charge is 0.428 e. The third-order valence-electron chi connectivity index (χ3n) is 6.91. The topological polar surface area (TPSA) is 50.4 Å². The highest BCUT2D eigenvalue weighted by atomic mass is 19.4. The van der Waals surface area contributed by atoms with E-state index in [1.165, 1.54) is 0 Å². The minimum Gasteiger partial charge on any atom is -0.428 e. The molecule has 1 atom stereocenters. The summed E-state index contributed by atoms with van der Waals surface area (Å²) in [5.41, 5.74) is -2.48. The monoisotopic (exact) mass is 586 g/mol. The number of halogens is 8. The normalized spacial score (nSPS) is 15.9. The van der Waals surface area contributed by atoms with E-state index in [9.17, 15) is 39.9 Å². The number of carbonyl (C=O) groups is 1. The van der Waals surface area contributed by atoms with Gasteiger partial charge in [0.25, 0.3) is 0 Å². The lowest BCUT2D eigenvalue weighted by atomic mass is 9.77. The Morgan fingerprint density at radius 2 is 1.46 bits per heavy atom. The lowest BCUT2D eigenvalue weighted by molar-refractivity contribution is -0.253. The van der Waals surface area contributed by atoms with Gasteiger partial charge in [0.1, 0.15) is 11.6 Å². The maximum Gasteiger partial charge on any atom is 0.461 e. The molecule has 220 valence electrons. The van der Waals surface area contributed by atoms with E-state index in [0.717, 1.165) is 49.2 Å². The van der Waals surface area contributed by atoms with Crippen molar-refractivity contribution < 1.29 is 44.7 Å². The Bertz CT molecular complexity index is 1330. The van der Waals surface area contributed by atoms with Crippen LogP contribution < -0.4 is 15.4 Å². The molecule has 1 aliphatic carbocycles. The molecule has 0 bridgehead atoms. The van der Waals surface area contributed by atoms with E-state index in [2.05, 4.69) is 15.4 Å². The van der Waals surface area contributed by atoms with E-state index in [0.29, 0.717) is 24.5 Å². The molecule has 1 fully saturated rings. The molecule has 4 nitrogen and oxygen atoms in total. The van der Waals surface area contributed by atoms with Crippen molar-refractivity contribution in [2.24, 2.45) is 0 Å². The summed E-state index contributed by atoms with van der Waals surface area (Å²) in [4.78, 5) is 13.3. The summed E-state index contributed by atoms with van der Waals surface area (Å²) in [5, 5.41) is 5.55. The van der Waals surface area contributed by atoms with Crippen molar-refractivity contribution in [3.8, 4) is 5.75 Å². The highest BCUT2D eigenvalue weighted by Gasteiger charge is 2.45. The Hall–Kier alpha value is -3.83. The minimum absolute atomic E-state index is 0.0492. The van der Waals surface area contributed by atoms with Gasteiger partial charge in [-0.2, -0.15) is 30.7 Å². The molecule has 12 heteroatoms. The summed E-state index contributed by atoms with van der Waals surface area (Å²) >= 11 is 0. The first-order valence-electron chi connectivity index (χ1n) is 12.7. The molecule has 3 aromatic carbocycles. The van der Waals surface area contributed by atoms with Crippen LogP contribution in [0.15, 0.2) is 72.8 Å². The van der Waals surface area contributed by atoms with Crippen molar-refractivity contribution in [3.63, 3.8) is 0 Å². The fourth-order valence-electron chi connectivity index (χ4n) is 4.96. The van der Waals surface area contributed by atoms with Crippen LogP contribution in [0.3, 0.4) is 0 Å². The number of ether oxygens (including phenoxy) is 1. The second kappa shape index (κ2) is 12.0. The lowest BCUT2D eigenvalue weighted by Gasteiger charge is -2.37. The molecule has 0 heterocycles. The molecule has 0 aromatic heterocycles. The van der Waals surface area contributed by atoms with Crippen molar-refractivity contribution in [2.45, 2.75) is 62.4 Å². The second-order valence-electron chi connectivity index (χ2n) is 9.86. The molecule has 3 aromatic rings. The summed E-state index contributed by atoms with van der Waals surface area (Å²) in [6, 6.07) is 13.3. The molecule has 1 aliphatic rings. The Kier molecular flexibility index (Phi) is 8.79. The first kappa shape index (κ1) is 30.1. The maximum atomic E-state index is 14.9. The number of urea groups is 1. The Labute approximate surface area is 230 Å². The summed E-state index contributed by atoms with van der Waals surface area (Å²) < 4.78 is 112. The zero-order valence-electron chi connectivity index (χ0n) is 21.5. The van der Waals surface area contributed by atoms with E-state index in [-0.39, 0.29) is 23.6 Å². The molecular weight excluding hydrogens is 560 g/mol. The van der Waals surface area contributed by atoms with Crippen LogP contribution in [0.25, 0.3) is 0 Å². The summed E-state index contributed by atoms with van der Waals surface area (Å²) in [5.74, 6) is -2.13. The quantitative estimate of drug-likeness (QED) is 0.252. The van der Waals surface area contributed by atoms with Gasteiger partial charge < -0.3 is 15.4 Å². The Balaban J connectivity index is 1.89. The number of amides is 2. The predicted octanol–water partition coefficient (Wildman–Crippen LogP) is 7.81. The zero-order chi connectivity index (χ0) is 29.8. The Morgan fingerprint density at radius 3 is 2.05 bits per heavy atom. The van der Waals surface area contributed by atoms with Crippen LogP contribution in [0.2, 0.25) is 0 Å². The average molecular weight is 587 g/mol. The predicted molar refractivity (Wildman–Crippen MR) is 134 cm³/mol. The third-order valence-corrected chi connectivity index (χ3v) is 6.91. The van der Waals surface area contributed by atoms with Crippen LogP contribution in [0.4, 0.5) is 39.9 Å². The fourth-order valence-corrected chi connectivity index (χ4v) is 4.96. The van der Waals surface area contributed by atoms with Gasteiger partial charge in [0.05, 0.1) is 11.1 Å². The van der Waals surface area contributed by atoms with Crippen LogP contribution >= 0.6 is 0 Å². The number of carbonyl (C=O) groups excluding carboxylic acids is 1. The van der Waals surface area contributed by atoms with Crippen molar-refractivity contribution in [1.29, 1.82) is 0 Å². The number of rotatable bonds is 9. The molecule has 1 unspecified atom stereocenters. The van der Waals surface area contributed by atoms with Gasteiger partial charge in [-0.05, 0) is 53.8 Å². The molecule has 2 amide bonds. The van der Waals surface area contributed by atoms with E-state index < -0.39 is 47.4 Å². The molecule has 4 rings (SSSR count). The molecule has 1 saturated carbocycles. The molecular formula is C29H26F8N2O2. The number of benzene rings is 3. The minimum atomic E-state index is -4.96. The molecule has 0 aliphatic heterocycles. The maximum absolute atomic E-state index is 14.9. The molecule has 0 saturated heterocycles. The molecule has 0 radical (unpaired) electrons. The van der Waals surface area contributed by atoms with E-state index >= 15 is 0 Å². The van der Waals surface area contributed by atoms with Gasteiger partial charge in [-0.1, -0.05) is 55.3 Å². The number of hydrogen-bond acceptors (Lipinski definition) is 2. The highest BCUT2D eigenvalue weighted by molar-refractivity contribution is 5.76. The molecule has 41 heavy (non-hydrogen) atoms. The lowest BCUT2D eigenvalue weighted by Crippen LogP contribution is -2.53. The van der Waals surface area contributed by atoms with Crippen LogP contribution in [0, 0.1) is 5.82 Å². The number of hydrogen-bond donors (Lipinski definition) is 2. The zero-order valence-corrected chi connectivity index (χ0v) is 21.5. The van der Waals surface area contributed by atoms with Crippen molar-refractivity contribution >= 4 is 6.03 Å². The standard InChI is InChI=1S/C29H26F8N2O2/c30-22-14-21(15-24(16-22)41-29(36,37)25(31)32)27(17-18-6-2-1-3-7-18,39-26(40)38-23-8-4-5-9-23)19-10-12-20(13-11-19)28(33,34)35/h1-3,6-7,10-16,23,25H,4-5,8-9,17H2,(H2,38,39,40). The summed E-state index contributed by atoms with van der Waals surface area (Å²) in [6.07, 6.45) is -10.9. The SMILES string of the molecule is O=C(NC1CCCC1)NC(Cc1ccccc1)(c1ccc(C(F)(F)F)cc1)c1cc(F)cc(OC(F)(F)C(F)F)c1. The van der Waals surface area contributed by atoms with E-state index in [4.69, 9.17) is 0 Å². The van der Waals surface area contributed by atoms with Gasteiger partial charge in [0, 0.05) is 18.5 Å². The van der Waals surface area contributed by atoms with Crippen molar-refractivity contribution in [3.05, 3.63) is 101 Å². The van der Waals surface area contributed by atoms with Crippen LogP contribution in [-0.4, -0.2) is 24.6 Å². The fraction of sp³-hybridized carbons (Fsp3) is 0.345. The van der Waals surface area contributed by atoms with E-state index in [1.54, 1.807) is 30.3 Å². The first-order valence-corrected chi connectivity index (χ1v) is 12.7. The number of alkyl halides is 7. The van der Waals surface area contributed by atoms with Gasteiger partial charge in [0.15, 0.2) is 0 Å². The summed E-state index contributed by atoms with van der Waals surface area (Å²) in [6.45, 7) is 0. The highest BCUT2D eigenvalue weighted by Crippen LogP contribution is 2.39. The third kappa shape index (κ3) is 7.28. The molecule has 0 spiro atoms. The van der Waals surface area contributed by atoms with Gasteiger partial charge in [-0.3, -0.25) is 0 Å².